The smallest absolute Gasteiger partial charge is 0.340 e. The minimum Gasteiger partial charge on any atom is -0.493 e. The third-order valence-corrected chi connectivity index (χ3v) is 6.24. The van der Waals surface area contributed by atoms with Gasteiger partial charge in [-0.3, -0.25) is 4.79 Å². The third kappa shape index (κ3) is 3.96. The van der Waals surface area contributed by atoms with Crippen LogP contribution in [-0.2, 0) is 19.1 Å². The van der Waals surface area contributed by atoms with Gasteiger partial charge in [-0.25, -0.2) is 4.79 Å². The lowest BCUT2D eigenvalue weighted by Crippen LogP contribution is -2.33. The molecule has 0 saturated heterocycles. The van der Waals surface area contributed by atoms with Crippen LogP contribution in [0.3, 0.4) is 0 Å². The fraction of sp³-hybridized carbons (Fsp3) is 0.308. The van der Waals surface area contributed by atoms with Gasteiger partial charge in [0, 0.05) is 18.4 Å². The number of methoxy groups -OCH3 is 4. The fourth-order valence-electron chi connectivity index (χ4n) is 4.68. The lowest BCUT2D eigenvalue weighted by Gasteiger charge is -2.35. The molecule has 0 aromatic heterocycles. The lowest BCUT2D eigenvalue weighted by molar-refractivity contribution is -0.136. The summed E-state index contributed by atoms with van der Waals surface area (Å²) in [5.74, 6) is -0.138. The van der Waals surface area contributed by atoms with Crippen molar-refractivity contribution in [3.8, 4) is 17.2 Å². The van der Waals surface area contributed by atoms with Crippen LogP contribution in [0.2, 0.25) is 0 Å². The number of benzene rings is 2. The summed E-state index contributed by atoms with van der Waals surface area (Å²) in [5.41, 5.74) is 8.29. The first-order valence-corrected chi connectivity index (χ1v) is 10.8. The Balaban J connectivity index is 1.89. The van der Waals surface area contributed by atoms with Crippen molar-refractivity contribution < 1.29 is 33.3 Å². The van der Waals surface area contributed by atoms with Gasteiger partial charge in [0.25, 0.3) is 0 Å². The quantitative estimate of drug-likeness (QED) is 0.646. The van der Waals surface area contributed by atoms with E-state index in [9.17, 15) is 9.59 Å². The van der Waals surface area contributed by atoms with E-state index < -0.39 is 11.9 Å². The molecule has 8 heteroatoms. The number of carbonyl (C=O) groups excluding carboxylic acids is 2. The Labute approximate surface area is 197 Å². The number of esters is 1. The average Bonchev–Trinajstić information content (AvgIpc) is 2.86. The van der Waals surface area contributed by atoms with E-state index in [0.29, 0.717) is 40.6 Å². The number of ether oxygens (including phenoxy) is 5. The van der Waals surface area contributed by atoms with Crippen LogP contribution in [0.1, 0.15) is 35.8 Å². The summed E-state index contributed by atoms with van der Waals surface area (Å²) in [7, 11) is 5.75. The Hall–Kier alpha value is -3.94. The third-order valence-electron chi connectivity index (χ3n) is 6.24. The molecule has 2 aromatic rings. The largest absolute Gasteiger partial charge is 0.493 e. The fourth-order valence-corrected chi connectivity index (χ4v) is 4.68. The van der Waals surface area contributed by atoms with Crippen LogP contribution in [0.4, 0.5) is 0 Å². The zero-order valence-corrected chi connectivity index (χ0v) is 19.5. The zero-order chi connectivity index (χ0) is 24.4. The van der Waals surface area contributed by atoms with Crippen LogP contribution in [0.25, 0.3) is 0 Å². The Morgan fingerprint density at radius 2 is 1.59 bits per heavy atom. The second kappa shape index (κ2) is 9.51. The summed E-state index contributed by atoms with van der Waals surface area (Å²) >= 11 is 0. The predicted molar refractivity (Wildman–Crippen MR) is 124 cm³/mol. The van der Waals surface area contributed by atoms with Gasteiger partial charge < -0.3 is 29.4 Å². The van der Waals surface area contributed by atoms with Gasteiger partial charge in [0.1, 0.15) is 11.3 Å². The van der Waals surface area contributed by atoms with E-state index in [1.54, 1.807) is 12.1 Å². The van der Waals surface area contributed by atoms with E-state index in [-0.39, 0.29) is 29.6 Å². The first-order chi connectivity index (χ1) is 16.4. The number of hydrogen-bond acceptors (Lipinski definition) is 8. The molecular weight excluding hydrogens is 438 g/mol. The van der Waals surface area contributed by atoms with Crippen molar-refractivity contribution in [2.45, 2.75) is 24.7 Å². The van der Waals surface area contributed by atoms with Crippen LogP contribution in [0, 0.1) is 0 Å². The Morgan fingerprint density at radius 1 is 0.941 bits per heavy atom. The first-order valence-electron chi connectivity index (χ1n) is 10.8. The maximum absolute atomic E-state index is 13.6. The van der Waals surface area contributed by atoms with Gasteiger partial charge in [0.2, 0.25) is 11.6 Å². The molecular formula is C26H27NO7. The van der Waals surface area contributed by atoms with E-state index in [1.807, 2.05) is 30.3 Å². The van der Waals surface area contributed by atoms with Crippen LogP contribution in [0.15, 0.2) is 65.3 Å². The molecule has 0 amide bonds. The molecule has 0 radical (unpaired) electrons. The minimum absolute atomic E-state index is 0.0551. The summed E-state index contributed by atoms with van der Waals surface area (Å²) in [6.45, 7) is 0. The molecule has 2 atom stereocenters. The number of allylic oxidation sites excluding steroid dienone is 2. The van der Waals surface area contributed by atoms with Crippen molar-refractivity contribution in [1.29, 1.82) is 0 Å². The molecule has 0 spiro atoms. The zero-order valence-electron chi connectivity index (χ0n) is 19.5. The number of hydrogen-bond donors (Lipinski definition) is 1. The molecule has 2 aromatic carbocycles. The summed E-state index contributed by atoms with van der Waals surface area (Å²) in [5, 5.41) is 0. The highest BCUT2D eigenvalue weighted by Gasteiger charge is 2.43. The Bertz CT molecular complexity index is 1160. The van der Waals surface area contributed by atoms with Crippen LogP contribution < -0.4 is 19.9 Å². The second-order valence-electron chi connectivity index (χ2n) is 8.04. The molecule has 4 rings (SSSR count). The molecule has 1 aliphatic heterocycles. The number of Topliss-reactive ketones (excluding diaryl/α,β-unsaturated/α-hetero) is 1. The standard InChI is InChI=1S/C26H27NO7/c1-30-19-12-16(13-20(31-2)24(19)32-3)21-22-17(28)10-15(14-8-6-5-7-9-14)11-18(22)34-25(27)23(21)26(29)33-4/h5-9,12-13,15,21H,10-11,27H2,1-4H3/t15-,21+/m1/s1. The summed E-state index contributed by atoms with van der Waals surface area (Å²) in [4.78, 5) is 26.3. The highest BCUT2D eigenvalue weighted by atomic mass is 16.5. The molecule has 1 heterocycles. The second-order valence-corrected chi connectivity index (χ2v) is 8.04. The maximum atomic E-state index is 13.6. The van der Waals surface area contributed by atoms with E-state index >= 15 is 0 Å². The number of rotatable bonds is 6. The number of carbonyl (C=O) groups is 2. The van der Waals surface area contributed by atoms with Gasteiger partial charge in [-0.15, -0.1) is 0 Å². The van der Waals surface area contributed by atoms with Crippen molar-refractivity contribution in [1.82, 2.24) is 0 Å². The predicted octanol–water partition coefficient (Wildman–Crippen LogP) is 3.57. The summed E-state index contributed by atoms with van der Waals surface area (Å²) < 4.78 is 27.3. The molecule has 2 aliphatic rings. The summed E-state index contributed by atoms with van der Waals surface area (Å²) in [6.07, 6.45) is 0.753. The molecule has 34 heavy (non-hydrogen) atoms. The van der Waals surface area contributed by atoms with Gasteiger partial charge in [0.15, 0.2) is 17.3 Å². The van der Waals surface area contributed by atoms with Gasteiger partial charge in [-0.2, -0.15) is 0 Å². The molecule has 2 N–H and O–H groups in total. The van der Waals surface area contributed by atoms with Crippen molar-refractivity contribution in [2.24, 2.45) is 5.73 Å². The van der Waals surface area contributed by atoms with Crippen molar-refractivity contribution in [2.75, 3.05) is 28.4 Å². The molecule has 0 unspecified atom stereocenters. The SMILES string of the molecule is COC(=O)C1=C(N)OC2=C(C(=O)C[C@@H](c3ccccc3)C2)[C@@H]1c1cc(OC)c(OC)c(OC)c1. The van der Waals surface area contributed by atoms with Gasteiger partial charge in [-0.1, -0.05) is 30.3 Å². The first kappa shape index (κ1) is 23.2. The Morgan fingerprint density at radius 3 is 2.15 bits per heavy atom. The molecule has 1 aliphatic carbocycles. The highest BCUT2D eigenvalue weighted by molar-refractivity contribution is 6.03. The molecule has 0 saturated carbocycles. The highest BCUT2D eigenvalue weighted by Crippen LogP contribution is 2.50. The maximum Gasteiger partial charge on any atom is 0.340 e. The van der Waals surface area contributed by atoms with Crippen molar-refractivity contribution >= 4 is 11.8 Å². The van der Waals surface area contributed by atoms with Gasteiger partial charge in [-0.05, 0) is 29.2 Å². The summed E-state index contributed by atoms with van der Waals surface area (Å²) in [6, 6.07) is 13.2. The van der Waals surface area contributed by atoms with Crippen molar-refractivity contribution in [3.63, 3.8) is 0 Å². The van der Waals surface area contributed by atoms with Crippen molar-refractivity contribution in [3.05, 3.63) is 76.4 Å². The van der Waals surface area contributed by atoms with Crippen LogP contribution in [-0.4, -0.2) is 40.2 Å². The van der Waals surface area contributed by atoms with Crippen LogP contribution in [0.5, 0.6) is 17.2 Å². The number of ketones is 1. The lowest BCUT2D eigenvalue weighted by atomic mass is 9.73. The van der Waals surface area contributed by atoms with Gasteiger partial charge >= 0.3 is 5.97 Å². The average molecular weight is 466 g/mol. The molecule has 8 nitrogen and oxygen atoms in total. The molecule has 178 valence electrons. The van der Waals surface area contributed by atoms with E-state index in [2.05, 4.69) is 0 Å². The van der Waals surface area contributed by atoms with E-state index in [4.69, 9.17) is 29.4 Å². The topological polar surface area (TPSA) is 106 Å². The monoisotopic (exact) mass is 465 g/mol. The number of nitrogens with two attached hydrogens (primary N) is 1. The molecule has 0 bridgehead atoms. The normalized spacial score (nSPS) is 19.8. The van der Waals surface area contributed by atoms with Gasteiger partial charge in [0.05, 0.1) is 34.4 Å². The minimum atomic E-state index is -0.811. The Kier molecular flexibility index (Phi) is 6.49. The van der Waals surface area contributed by atoms with Crippen LogP contribution >= 0.6 is 0 Å². The van der Waals surface area contributed by atoms with E-state index in [0.717, 1.165) is 5.56 Å². The molecule has 0 fully saturated rings. The van der Waals surface area contributed by atoms with E-state index in [1.165, 1.54) is 28.4 Å².